The molecule has 0 unspecified atom stereocenters. The van der Waals surface area contributed by atoms with Crippen LogP contribution in [0, 0.1) is 0 Å². The molecule has 1 fully saturated rings. The zero-order chi connectivity index (χ0) is 16.2. The molecular weight excluding hydrogens is 310 g/mol. The first-order valence-electron chi connectivity index (χ1n) is 8.08. The Kier molecular flexibility index (Phi) is 5.00. The number of thioether (sulfide) groups is 1. The minimum absolute atomic E-state index is 0.137. The van der Waals surface area contributed by atoms with Gasteiger partial charge in [0.1, 0.15) is 5.25 Å². The quantitative estimate of drug-likeness (QED) is 0.921. The van der Waals surface area contributed by atoms with Gasteiger partial charge in [-0.3, -0.25) is 9.59 Å². The molecule has 1 aromatic carbocycles. The lowest BCUT2D eigenvalue weighted by atomic mass is 10.1. The summed E-state index contributed by atoms with van der Waals surface area (Å²) in [6.45, 7) is 4.00. The van der Waals surface area contributed by atoms with Crippen molar-refractivity contribution in [3.05, 3.63) is 29.8 Å². The van der Waals surface area contributed by atoms with Gasteiger partial charge in [-0.25, -0.2) is 0 Å². The van der Waals surface area contributed by atoms with Gasteiger partial charge in [-0.2, -0.15) is 4.99 Å². The van der Waals surface area contributed by atoms with Gasteiger partial charge in [-0.1, -0.05) is 30.8 Å². The molecule has 1 N–H and O–H groups in total. The molecule has 2 amide bonds. The molecule has 1 atom stereocenters. The average Bonchev–Trinajstić information content (AvgIpc) is 3.18. The molecular formula is C17H21N3O2S. The number of aliphatic imine (C=N–C) groups is 1. The first-order chi connectivity index (χ1) is 11.2. The third kappa shape index (κ3) is 3.93. The zero-order valence-electron chi connectivity index (χ0n) is 13.2. The molecule has 0 spiro atoms. The maximum atomic E-state index is 12.2. The molecule has 23 heavy (non-hydrogen) atoms. The van der Waals surface area contributed by atoms with Crippen LogP contribution in [0.15, 0.2) is 29.3 Å². The highest BCUT2D eigenvalue weighted by molar-refractivity contribution is 8.15. The van der Waals surface area contributed by atoms with Gasteiger partial charge < -0.3 is 10.2 Å². The number of benzene rings is 1. The maximum absolute atomic E-state index is 12.2. The standard InChI is InChI=1S/C17H21N3O2S/c1-2-12-6-5-7-13(10-12)18-15(21)11-14-16(22)19-17(23-14)20-8-3-4-9-20/h5-7,10,14H,2-4,8-9,11H2,1H3,(H,18,21)/t14-/m1/s1. The van der Waals surface area contributed by atoms with Crippen LogP contribution in [0.4, 0.5) is 5.69 Å². The SMILES string of the molecule is CCc1cccc(NC(=O)C[C@H]2SC(N3CCCC3)=NC2=O)c1. The van der Waals surface area contributed by atoms with E-state index in [2.05, 4.69) is 22.1 Å². The first kappa shape index (κ1) is 16.1. The molecule has 1 aromatic rings. The summed E-state index contributed by atoms with van der Waals surface area (Å²) in [5.74, 6) is -0.323. The molecule has 1 saturated heterocycles. The van der Waals surface area contributed by atoms with Crippen molar-refractivity contribution in [2.24, 2.45) is 4.99 Å². The number of nitrogens with zero attached hydrogens (tertiary/aromatic N) is 2. The molecule has 0 radical (unpaired) electrons. The average molecular weight is 331 g/mol. The third-order valence-electron chi connectivity index (χ3n) is 4.10. The fourth-order valence-corrected chi connectivity index (χ4v) is 3.92. The highest BCUT2D eigenvalue weighted by Crippen LogP contribution is 2.29. The second kappa shape index (κ2) is 7.17. The van der Waals surface area contributed by atoms with E-state index in [4.69, 9.17) is 0 Å². The van der Waals surface area contributed by atoms with Crippen LogP contribution in [0.2, 0.25) is 0 Å². The van der Waals surface area contributed by atoms with E-state index in [1.165, 1.54) is 17.3 Å². The number of rotatable bonds is 4. The number of aryl methyl sites for hydroxylation is 1. The zero-order valence-corrected chi connectivity index (χ0v) is 14.1. The van der Waals surface area contributed by atoms with Gasteiger partial charge in [-0.05, 0) is 37.0 Å². The minimum Gasteiger partial charge on any atom is -0.351 e. The van der Waals surface area contributed by atoms with Gasteiger partial charge >= 0.3 is 0 Å². The number of carbonyl (C=O) groups is 2. The number of hydrogen-bond acceptors (Lipinski definition) is 4. The van der Waals surface area contributed by atoms with Crippen molar-refractivity contribution in [1.82, 2.24) is 4.90 Å². The van der Waals surface area contributed by atoms with Gasteiger partial charge in [0.2, 0.25) is 5.91 Å². The van der Waals surface area contributed by atoms with E-state index >= 15 is 0 Å². The summed E-state index contributed by atoms with van der Waals surface area (Å²) in [4.78, 5) is 30.5. The monoisotopic (exact) mass is 331 g/mol. The minimum atomic E-state index is -0.389. The number of anilines is 1. The molecule has 2 heterocycles. The van der Waals surface area contributed by atoms with Crippen molar-refractivity contribution in [2.75, 3.05) is 18.4 Å². The van der Waals surface area contributed by atoms with E-state index in [0.29, 0.717) is 0 Å². The molecule has 0 bridgehead atoms. The Morgan fingerprint density at radius 1 is 1.39 bits per heavy atom. The van der Waals surface area contributed by atoms with Gasteiger partial charge in [0.05, 0.1) is 0 Å². The number of amides is 2. The van der Waals surface area contributed by atoms with Crippen LogP contribution < -0.4 is 5.32 Å². The van der Waals surface area contributed by atoms with Crippen molar-refractivity contribution in [1.29, 1.82) is 0 Å². The Hall–Kier alpha value is -1.82. The highest BCUT2D eigenvalue weighted by atomic mass is 32.2. The Bertz CT molecular complexity index is 638. The maximum Gasteiger partial charge on any atom is 0.262 e. The van der Waals surface area contributed by atoms with Crippen molar-refractivity contribution in [3.8, 4) is 0 Å². The van der Waals surface area contributed by atoms with Crippen LogP contribution in [0.5, 0.6) is 0 Å². The smallest absolute Gasteiger partial charge is 0.262 e. The Morgan fingerprint density at radius 3 is 2.91 bits per heavy atom. The van der Waals surface area contributed by atoms with Crippen molar-refractivity contribution in [2.45, 2.75) is 37.9 Å². The molecule has 0 aliphatic carbocycles. The molecule has 122 valence electrons. The van der Waals surface area contributed by atoms with Crippen LogP contribution in [0.3, 0.4) is 0 Å². The molecule has 6 heteroatoms. The Balaban J connectivity index is 1.55. The highest BCUT2D eigenvalue weighted by Gasteiger charge is 2.33. The second-order valence-corrected chi connectivity index (χ2v) is 7.01. The van der Waals surface area contributed by atoms with E-state index in [1.807, 2.05) is 24.3 Å². The van der Waals surface area contributed by atoms with Crippen LogP contribution in [-0.2, 0) is 16.0 Å². The predicted octanol–water partition coefficient (Wildman–Crippen LogP) is 2.67. The van der Waals surface area contributed by atoms with E-state index in [0.717, 1.165) is 43.2 Å². The molecule has 2 aliphatic heterocycles. The number of carbonyl (C=O) groups excluding carboxylic acids is 2. The molecule has 0 aromatic heterocycles. The van der Waals surface area contributed by atoms with E-state index < -0.39 is 0 Å². The van der Waals surface area contributed by atoms with E-state index in [-0.39, 0.29) is 23.5 Å². The number of amidine groups is 1. The Labute approximate surface area is 140 Å². The van der Waals surface area contributed by atoms with E-state index in [9.17, 15) is 9.59 Å². The normalized spacial score (nSPS) is 20.7. The predicted molar refractivity (Wildman–Crippen MR) is 93.7 cm³/mol. The van der Waals surface area contributed by atoms with Crippen LogP contribution in [0.25, 0.3) is 0 Å². The summed E-state index contributed by atoms with van der Waals surface area (Å²) in [5.41, 5.74) is 1.96. The summed E-state index contributed by atoms with van der Waals surface area (Å²) in [6.07, 6.45) is 3.38. The Morgan fingerprint density at radius 2 is 2.17 bits per heavy atom. The number of hydrogen-bond donors (Lipinski definition) is 1. The lowest BCUT2D eigenvalue weighted by Gasteiger charge is -2.16. The second-order valence-electron chi connectivity index (χ2n) is 5.84. The van der Waals surface area contributed by atoms with E-state index in [1.54, 1.807) is 0 Å². The van der Waals surface area contributed by atoms with Gasteiger partial charge in [0.25, 0.3) is 5.91 Å². The van der Waals surface area contributed by atoms with Crippen molar-refractivity contribution < 1.29 is 9.59 Å². The summed E-state index contributed by atoms with van der Waals surface area (Å²) < 4.78 is 0. The summed E-state index contributed by atoms with van der Waals surface area (Å²) in [5, 5.41) is 3.28. The van der Waals surface area contributed by atoms with Crippen LogP contribution in [-0.4, -0.2) is 40.2 Å². The van der Waals surface area contributed by atoms with Crippen LogP contribution in [0.1, 0.15) is 31.7 Å². The fraction of sp³-hybridized carbons (Fsp3) is 0.471. The summed E-state index contributed by atoms with van der Waals surface area (Å²) >= 11 is 1.43. The molecule has 5 nitrogen and oxygen atoms in total. The fourth-order valence-electron chi connectivity index (χ4n) is 2.80. The number of nitrogens with one attached hydrogen (secondary N) is 1. The summed E-state index contributed by atoms with van der Waals surface area (Å²) in [6, 6.07) is 7.79. The third-order valence-corrected chi connectivity index (χ3v) is 5.31. The lowest BCUT2D eigenvalue weighted by Crippen LogP contribution is -2.25. The van der Waals surface area contributed by atoms with Crippen molar-refractivity contribution in [3.63, 3.8) is 0 Å². The molecule has 3 rings (SSSR count). The first-order valence-corrected chi connectivity index (χ1v) is 8.96. The lowest BCUT2D eigenvalue weighted by molar-refractivity contribution is -0.121. The molecule has 2 aliphatic rings. The largest absolute Gasteiger partial charge is 0.351 e. The van der Waals surface area contributed by atoms with Crippen LogP contribution >= 0.6 is 11.8 Å². The van der Waals surface area contributed by atoms with Gasteiger partial charge in [0.15, 0.2) is 5.17 Å². The topological polar surface area (TPSA) is 61.8 Å². The molecule has 0 saturated carbocycles. The number of likely N-dealkylation sites (tertiary alicyclic amines) is 1. The van der Waals surface area contributed by atoms with Gasteiger partial charge in [0, 0.05) is 25.2 Å². The van der Waals surface area contributed by atoms with Crippen molar-refractivity contribution >= 4 is 34.4 Å². The summed E-state index contributed by atoms with van der Waals surface area (Å²) in [7, 11) is 0. The van der Waals surface area contributed by atoms with Gasteiger partial charge in [-0.15, -0.1) is 0 Å².